The third kappa shape index (κ3) is 6.34. The van der Waals surface area contributed by atoms with Crippen LogP contribution in [-0.4, -0.2) is 6.61 Å². The van der Waals surface area contributed by atoms with Crippen molar-refractivity contribution in [2.45, 2.75) is 84.2 Å². The third-order valence-electron chi connectivity index (χ3n) is 7.10. The molecule has 0 radical (unpaired) electrons. The summed E-state index contributed by atoms with van der Waals surface area (Å²) in [5, 5.41) is 0. The highest BCUT2D eigenvalue weighted by Gasteiger charge is 2.30. The first-order valence-corrected chi connectivity index (χ1v) is 11.7. The van der Waals surface area contributed by atoms with Crippen LogP contribution >= 0.6 is 0 Å². The summed E-state index contributed by atoms with van der Waals surface area (Å²) in [5.41, 5.74) is 2.85. The van der Waals surface area contributed by atoms with Gasteiger partial charge in [0.25, 0.3) is 0 Å². The van der Waals surface area contributed by atoms with E-state index < -0.39 is 0 Å². The zero-order chi connectivity index (χ0) is 19.6. The van der Waals surface area contributed by atoms with E-state index >= 15 is 0 Å². The highest BCUT2D eigenvalue weighted by Crippen LogP contribution is 2.44. The van der Waals surface area contributed by atoms with Gasteiger partial charge in [-0.1, -0.05) is 48.6 Å². The largest absolute Gasteiger partial charge is 0.376 e. The molecule has 0 aliphatic heterocycles. The molecule has 0 unspecified atom stereocenters. The highest BCUT2D eigenvalue weighted by molar-refractivity contribution is 5.25. The Morgan fingerprint density at radius 3 is 2.07 bits per heavy atom. The summed E-state index contributed by atoms with van der Waals surface area (Å²) < 4.78 is 5.76. The second-order valence-electron chi connectivity index (χ2n) is 8.96. The van der Waals surface area contributed by atoms with Gasteiger partial charge in [0.15, 0.2) is 0 Å². The Balaban J connectivity index is 1.40. The van der Waals surface area contributed by atoms with Crippen molar-refractivity contribution in [3.05, 3.63) is 59.7 Å². The minimum atomic E-state index is 0.737. The van der Waals surface area contributed by atoms with E-state index in [-0.39, 0.29) is 0 Å². The SMILES string of the molecule is C/C=C\C1CCC(C2CCC(c3ccc(COCC/C=C/C)cc3)CC2)CC1. The van der Waals surface area contributed by atoms with Crippen molar-refractivity contribution in [1.29, 1.82) is 0 Å². The van der Waals surface area contributed by atoms with E-state index in [0.717, 1.165) is 43.3 Å². The molecular weight excluding hydrogens is 340 g/mol. The number of ether oxygens (including phenoxy) is 1. The van der Waals surface area contributed by atoms with Crippen molar-refractivity contribution in [3.63, 3.8) is 0 Å². The molecule has 0 heterocycles. The first-order valence-electron chi connectivity index (χ1n) is 11.7. The molecule has 0 saturated heterocycles. The molecular formula is C27H40O. The number of benzene rings is 1. The molecule has 1 aromatic carbocycles. The van der Waals surface area contributed by atoms with Crippen molar-refractivity contribution in [2.75, 3.05) is 6.61 Å². The van der Waals surface area contributed by atoms with Crippen LogP contribution in [0, 0.1) is 17.8 Å². The molecule has 1 aromatic rings. The predicted octanol–water partition coefficient (Wildman–Crippen LogP) is 7.83. The van der Waals surface area contributed by atoms with Crippen LogP contribution in [-0.2, 0) is 11.3 Å². The summed E-state index contributed by atoms with van der Waals surface area (Å²) in [6.07, 6.45) is 21.4. The van der Waals surface area contributed by atoms with Gasteiger partial charge in [-0.15, -0.1) is 0 Å². The van der Waals surface area contributed by atoms with E-state index in [4.69, 9.17) is 4.74 Å². The average molecular weight is 381 g/mol. The molecule has 2 saturated carbocycles. The van der Waals surface area contributed by atoms with E-state index in [1.807, 2.05) is 0 Å². The van der Waals surface area contributed by atoms with Gasteiger partial charge in [0.1, 0.15) is 0 Å². The lowest BCUT2D eigenvalue weighted by Crippen LogP contribution is -2.25. The Morgan fingerprint density at radius 1 is 0.821 bits per heavy atom. The number of hydrogen-bond donors (Lipinski definition) is 0. The van der Waals surface area contributed by atoms with Crippen molar-refractivity contribution in [1.82, 2.24) is 0 Å². The van der Waals surface area contributed by atoms with Gasteiger partial charge in [0.2, 0.25) is 0 Å². The fourth-order valence-corrected chi connectivity index (χ4v) is 5.40. The molecule has 0 aromatic heterocycles. The average Bonchev–Trinajstić information content (AvgIpc) is 2.75. The highest BCUT2D eigenvalue weighted by atomic mass is 16.5. The zero-order valence-corrected chi connectivity index (χ0v) is 18.1. The number of hydrogen-bond acceptors (Lipinski definition) is 1. The Labute approximate surface area is 173 Å². The molecule has 28 heavy (non-hydrogen) atoms. The number of rotatable bonds is 8. The maximum absolute atomic E-state index is 5.76. The van der Waals surface area contributed by atoms with Crippen LogP contribution in [0.4, 0.5) is 0 Å². The lowest BCUT2D eigenvalue weighted by Gasteiger charge is -2.37. The first kappa shape index (κ1) is 21.4. The summed E-state index contributed by atoms with van der Waals surface area (Å²) >= 11 is 0. The van der Waals surface area contributed by atoms with E-state index in [1.165, 1.54) is 56.9 Å². The maximum atomic E-state index is 5.76. The van der Waals surface area contributed by atoms with Crippen molar-refractivity contribution in [2.24, 2.45) is 17.8 Å². The van der Waals surface area contributed by atoms with Gasteiger partial charge in [-0.25, -0.2) is 0 Å². The Kier molecular flexibility index (Phi) is 8.86. The molecule has 0 amide bonds. The van der Waals surface area contributed by atoms with Crippen molar-refractivity contribution < 1.29 is 4.74 Å². The molecule has 0 N–H and O–H groups in total. The van der Waals surface area contributed by atoms with Crippen LogP contribution in [0.15, 0.2) is 48.6 Å². The van der Waals surface area contributed by atoms with Crippen LogP contribution in [0.3, 0.4) is 0 Å². The molecule has 0 spiro atoms. The van der Waals surface area contributed by atoms with Gasteiger partial charge < -0.3 is 4.74 Å². The topological polar surface area (TPSA) is 9.23 Å². The number of allylic oxidation sites excluding steroid dienone is 3. The van der Waals surface area contributed by atoms with E-state index in [9.17, 15) is 0 Å². The van der Waals surface area contributed by atoms with Gasteiger partial charge in [0, 0.05) is 0 Å². The van der Waals surface area contributed by atoms with Crippen LogP contribution in [0.2, 0.25) is 0 Å². The van der Waals surface area contributed by atoms with Crippen LogP contribution in [0.25, 0.3) is 0 Å². The molecule has 0 atom stereocenters. The summed E-state index contributed by atoms with van der Waals surface area (Å²) in [7, 11) is 0. The summed E-state index contributed by atoms with van der Waals surface area (Å²) in [5.74, 6) is 3.64. The van der Waals surface area contributed by atoms with E-state index in [2.05, 4.69) is 62.4 Å². The van der Waals surface area contributed by atoms with Crippen LogP contribution < -0.4 is 0 Å². The minimum absolute atomic E-state index is 0.737. The Hall–Kier alpha value is -1.34. The molecule has 154 valence electrons. The van der Waals surface area contributed by atoms with Crippen molar-refractivity contribution >= 4 is 0 Å². The Bertz CT molecular complexity index is 596. The summed E-state index contributed by atoms with van der Waals surface area (Å²) in [6, 6.07) is 9.27. The molecule has 3 rings (SSSR count). The quantitative estimate of drug-likeness (QED) is 0.330. The molecule has 2 aliphatic rings. The minimum Gasteiger partial charge on any atom is -0.376 e. The summed E-state index contributed by atoms with van der Waals surface area (Å²) in [6.45, 7) is 5.77. The molecule has 1 heteroatoms. The summed E-state index contributed by atoms with van der Waals surface area (Å²) in [4.78, 5) is 0. The van der Waals surface area contributed by atoms with Gasteiger partial charge in [0.05, 0.1) is 13.2 Å². The standard InChI is InChI=1S/C27H40O/c1-3-5-6-20-28-21-23-10-14-25(15-11-23)27-18-16-26(17-19-27)24-12-8-22(7-4-2)9-13-24/h3-5,7,10-11,14-15,22,24,26-27H,6,8-9,12-13,16-21H2,1-2H3/b5-3+,7-4-. The van der Waals surface area contributed by atoms with Gasteiger partial charge >= 0.3 is 0 Å². The van der Waals surface area contributed by atoms with Gasteiger partial charge in [-0.3, -0.25) is 0 Å². The van der Waals surface area contributed by atoms with E-state index in [1.54, 1.807) is 5.56 Å². The van der Waals surface area contributed by atoms with Crippen LogP contribution in [0.5, 0.6) is 0 Å². The van der Waals surface area contributed by atoms with Gasteiger partial charge in [-0.2, -0.15) is 0 Å². The second kappa shape index (κ2) is 11.6. The normalized spacial score (nSPS) is 28.9. The lowest BCUT2D eigenvalue weighted by molar-refractivity contribution is 0.125. The fraction of sp³-hybridized carbons (Fsp3) is 0.630. The molecule has 0 bridgehead atoms. The molecule has 2 aliphatic carbocycles. The molecule has 2 fully saturated rings. The zero-order valence-electron chi connectivity index (χ0n) is 18.1. The fourth-order valence-electron chi connectivity index (χ4n) is 5.40. The van der Waals surface area contributed by atoms with Gasteiger partial charge in [-0.05, 0) is 106 Å². The Morgan fingerprint density at radius 2 is 1.46 bits per heavy atom. The molecule has 1 nitrogen and oxygen atoms in total. The van der Waals surface area contributed by atoms with Crippen LogP contribution in [0.1, 0.15) is 88.7 Å². The first-order chi connectivity index (χ1) is 13.8. The maximum Gasteiger partial charge on any atom is 0.0717 e. The predicted molar refractivity (Wildman–Crippen MR) is 120 cm³/mol. The van der Waals surface area contributed by atoms with E-state index in [0.29, 0.717) is 0 Å². The smallest absolute Gasteiger partial charge is 0.0717 e. The third-order valence-corrected chi connectivity index (χ3v) is 7.10. The second-order valence-corrected chi connectivity index (χ2v) is 8.96. The monoisotopic (exact) mass is 380 g/mol. The van der Waals surface area contributed by atoms with Crippen molar-refractivity contribution in [3.8, 4) is 0 Å². The lowest BCUT2D eigenvalue weighted by atomic mass is 9.68.